The maximum Gasteiger partial charge on any atom is 0.248 e. The highest BCUT2D eigenvalue weighted by molar-refractivity contribution is 5.28. The van der Waals surface area contributed by atoms with E-state index in [1.54, 1.807) is 6.08 Å². The van der Waals surface area contributed by atoms with Crippen LogP contribution in [0.2, 0.25) is 0 Å². The maximum absolute atomic E-state index is 13.3. The SMILES string of the molecule is Cc1cccc(OC2C=CCC(C(C)(F)F)C2)c1. The lowest BCUT2D eigenvalue weighted by molar-refractivity contribution is -0.0523. The van der Waals surface area contributed by atoms with Crippen LogP contribution in [0.5, 0.6) is 5.75 Å². The van der Waals surface area contributed by atoms with E-state index in [2.05, 4.69) is 0 Å². The number of halogens is 2. The van der Waals surface area contributed by atoms with Crippen molar-refractivity contribution in [2.24, 2.45) is 5.92 Å². The van der Waals surface area contributed by atoms with Gasteiger partial charge < -0.3 is 4.74 Å². The average molecular weight is 252 g/mol. The highest BCUT2D eigenvalue weighted by Crippen LogP contribution is 2.34. The third-order valence-electron chi connectivity index (χ3n) is 3.28. The lowest BCUT2D eigenvalue weighted by Gasteiger charge is -2.29. The molecule has 1 nitrogen and oxygen atoms in total. The van der Waals surface area contributed by atoms with Gasteiger partial charge in [0.2, 0.25) is 5.92 Å². The molecule has 0 heterocycles. The van der Waals surface area contributed by atoms with Crippen molar-refractivity contribution in [2.75, 3.05) is 0 Å². The summed E-state index contributed by atoms with van der Waals surface area (Å²) in [4.78, 5) is 0. The van der Waals surface area contributed by atoms with Gasteiger partial charge in [0, 0.05) is 5.92 Å². The van der Waals surface area contributed by atoms with Gasteiger partial charge >= 0.3 is 0 Å². The van der Waals surface area contributed by atoms with E-state index in [1.165, 1.54) is 0 Å². The van der Waals surface area contributed by atoms with Gasteiger partial charge in [-0.1, -0.05) is 18.2 Å². The molecule has 0 bridgehead atoms. The van der Waals surface area contributed by atoms with Crippen LogP contribution in [0.25, 0.3) is 0 Å². The van der Waals surface area contributed by atoms with Gasteiger partial charge in [0.25, 0.3) is 0 Å². The van der Waals surface area contributed by atoms with Crippen molar-refractivity contribution in [1.29, 1.82) is 0 Å². The molecule has 1 aromatic carbocycles. The van der Waals surface area contributed by atoms with Crippen LogP contribution in [-0.4, -0.2) is 12.0 Å². The number of allylic oxidation sites excluding steroid dienone is 1. The zero-order chi connectivity index (χ0) is 13.2. The first-order valence-corrected chi connectivity index (χ1v) is 6.23. The van der Waals surface area contributed by atoms with E-state index in [0.717, 1.165) is 18.2 Å². The molecule has 0 aliphatic heterocycles. The Labute approximate surface area is 106 Å². The molecular weight excluding hydrogens is 234 g/mol. The normalized spacial score (nSPS) is 24.0. The molecule has 0 radical (unpaired) electrons. The molecule has 2 rings (SSSR count). The second-order valence-corrected chi connectivity index (χ2v) is 5.03. The third kappa shape index (κ3) is 3.31. The molecule has 0 saturated heterocycles. The van der Waals surface area contributed by atoms with Crippen LogP contribution in [0, 0.1) is 12.8 Å². The summed E-state index contributed by atoms with van der Waals surface area (Å²) in [6, 6.07) is 7.66. The first-order valence-electron chi connectivity index (χ1n) is 6.23. The van der Waals surface area contributed by atoms with Crippen LogP contribution in [-0.2, 0) is 0 Å². The van der Waals surface area contributed by atoms with Crippen molar-refractivity contribution in [1.82, 2.24) is 0 Å². The molecule has 0 N–H and O–H groups in total. The predicted molar refractivity (Wildman–Crippen MR) is 68.1 cm³/mol. The van der Waals surface area contributed by atoms with Crippen LogP contribution < -0.4 is 4.74 Å². The largest absolute Gasteiger partial charge is 0.486 e. The molecule has 0 spiro atoms. The van der Waals surface area contributed by atoms with E-state index in [0.29, 0.717) is 12.8 Å². The number of hydrogen-bond acceptors (Lipinski definition) is 1. The van der Waals surface area contributed by atoms with Crippen LogP contribution in [0.3, 0.4) is 0 Å². The fraction of sp³-hybridized carbons (Fsp3) is 0.467. The molecule has 3 heteroatoms. The van der Waals surface area contributed by atoms with E-state index in [9.17, 15) is 8.78 Å². The number of hydrogen-bond donors (Lipinski definition) is 0. The number of ether oxygens (including phenoxy) is 1. The molecule has 2 atom stereocenters. The van der Waals surface area contributed by atoms with Gasteiger partial charge in [0.1, 0.15) is 11.9 Å². The summed E-state index contributed by atoms with van der Waals surface area (Å²) in [5.74, 6) is -2.53. The summed E-state index contributed by atoms with van der Waals surface area (Å²) in [6.45, 7) is 2.97. The topological polar surface area (TPSA) is 9.23 Å². The molecule has 1 aliphatic carbocycles. The van der Waals surface area contributed by atoms with Gasteiger partial charge in [0.15, 0.2) is 0 Å². The van der Waals surface area contributed by atoms with Crippen LogP contribution in [0.4, 0.5) is 8.78 Å². The number of benzene rings is 1. The molecule has 1 aromatic rings. The zero-order valence-corrected chi connectivity index (χ0v) is 10.7. The molecule has 0 amide bonds. The lowest BCUT2D eigenvalue weighted by Crippen LogP contribution is -2.32. The van der Waals surface area contributed by atoms with E-state index in [-0.39, 0.29) is 6.10 Å². The molecule has 2 unspecified atom stereocenters. The van der Waals surface area contributed by atoms with E-state index in [1.807, 2.05) is 37.3 Å². The van der Waals surface area contributed by atoms with Gasteiger partial charge in [-0.2, -0.15) is 0 Å². The van der Waals surface area contributed by atoms with Gasteiger partial charge in [-0.25, -0.2) is 8.78 Å². The predicted octanol–water partition coefficient (Wildman–Crippen LogP) is 4.36. The van der Waals surface area contributed by atoms with Crippen molar-refractivity contribution in [2.45, 2.75) is 38.7 Å². The fourth-order valence-electron chi connectivity index (χ4n) is 2.21. The third-order valence-corrected chi connectivity index (χ3v) is 3.28. The molecule has 18 heavy (non-hydrogen) atoms. The number of rotatable bonds is 3. The molecular formula is C15H18F2O. The summed E-state index contributed by atoms with van der Waals surface area (Å²) in [5, 5.41) is 0. The average Bonchev–Trinajstić information content (AvgIpc) is 2.28. The van der Waals surface area contributed by atoms with Crippen molar-refractivity contribution in [3.63, 3.8) is 0 Å². The second kappa shape index (κ2) is 5.09. The fourth-order valence-corrected chi connectivity index (χ4v) is 2.21. The lowest BCUT2D eigenvalue weighted by atomic mass is 9.88. The summed E-state index contributed by atoms with van der Waals surface area (Å²) in [7, 11) is 0. The first-order chi connectivity index (χ1) is 8.45. The quantitative estimate of drug-likeness (QED) is 0.726. The summed E-state index contributed by atoms with van der Waals surface area (Å²) in [6.07, 6.45) is 4.22. The molecule has 98 valence electrons. The van der Waals surface area contributed by atoms with E-state index in [4.69, 9.17) is 4.74 Å². The Hall–Kier alpha value is -1.38. The van der Waals surface area contributed by atoms with Gasteiger partial charge in [0.05, 0.1) is 0 Å². The van der Waals surface area contributed by atoms with Crippen LogP contribution in [0.15, 0.2) is 36.4 Å². The molecule has 0 saturated carbocycles. The van der Waals surface area contributed by atoms with Gasteiger partial charge in [-0.05, 0) is 50.5 Å². The monoisotopic (exact) mass is 252 g/mol. The van der Waals surface area contributed by atoms with Gasteiger partial charge in [-0.3, -0.25) is 0 Å². The summed E-state index contributed by atoms with van der Waals surface area (Å²) < 4.78 is 32.3. The van der Waals surface area contributed by atoms with Crippen molar-refractivity contribution in [3.05, 3.63) is 42.0 Å². The Balaban J connectivity index is 2.02. The number of alkyl halides is 2. The number of aryl methyl sites for hydroxylation is 1. The Morgan fingerprint density at radius 1 is 1.33 bits per heavy atom. The maximum atomic E-state index is 13.3. The van der Waals surface area contributed by atoms with Gasteiger partial charge in [-0.15, -0.1) is 0 Å². The molecule has 0 fully saturated rings. The first kappa shape index (κ1) is 13.1. The highest BCUT2D eigenvalue weighted by Gasteiger charge is 2.36. The summed E-state index contributed by atoms with van der Waals surface area (Å²) in [5.41, 5.74) is 1.10. The van der Waals surface area contributed by atoms with Crippen molar-refractivity contribution >= 4 is 0 Å². The Bertz CT molecular complexity index is 434. The second-order valence-electron chi connectivity index (χ2n) is 5.03. The Morgan fingerprint density at radius 3 is 2.78 bits per heavy atom. The molecule has 1 aliphatic rings. The van der Waals surface area contributed by atoms with E-state index < -0.39 is 11.8 Å². The van der Waals surface area contributed by atoms with Crippen LogP contribution in [0.1, 0.15) is 25.3 Å². The molecule has 0 aromatic heterocycles. The minimum absolute atomic E-state index is 0.253. The van der Waals surface area contributed by atoms with E-state index >= 15 is 0 Å². The smallest absolute Gasteiger partial charge is 0.248 e. The minimum Gasteiger partial charge on any atom is -0.486 e. The van der Waals surface area contributed by atoms with Crippen LogP contribution >= 0.6 is 0 Å². The standard InChI is InChI=1S/C15H18F2O/c1-11-5-3-7-13(9-11)18-14-8-4-6-12(10-14)15(2,16)17/h3-5,7-9,12,14H,6,10H2,1-2H3. The highest BCUT2D eigenvalue weighted by atomic mass is 19.3. The van der Waals surface area contributed by atoms with Crippen molar-refractivity contribution in [3.8, 4) is 5.75 Å². The van der Waals surface area contributed by atoms with Crippen molar-refractivity contribution < 1.29 is 13.5 Å². The Morgan fingerprint density at radius 2 is 2.11 bits per heavy atom. The summed E-state index contributed by atoms with van der Waals surface area (Å²) >= 11 is 0. The Kier molecular flexibility index (Phi) is 3.69. The zero-order valence-electron chi connectivity index (χ0n) is 10.7. The minimum atomic E-state index is -2.64.